The van der Waals surface area contributed by atoms with Gasteiger partial charge in [0, 0.05) is 22.5 Å². The maximum atomic E-state index is 12.1. The van der Waals surface area contributed by atoms with Crippen molar-refractivity contribution in [1.82, 2.24) is 5.32 Å². The monoisotopic (exact) mass is 416 g/mol. The van der Waals surface area contributed by atoms with Crippen LogP contribution in [0.15, 0.2) is 36.4 Å². The van der Waals surface area contributed by atoms with Crippen LogP contribution in [0.4, 0.5) is 5.69 Å². The molecule has 0 spiro atoms. The molecule has 1 aromatic carbocycles. The third-order valence-corrected chi connectivity index (χ3v) is 4.81. The standard InChI is InChI=1S/C21H24N2O5S/c1-13(2)10-19(25)23-16-7-5-15(6-8-16)17(24)12-28-20(26)11-22-21(27)18-9-4-14(3)29-18/h4-9,13H,10-12H2,1-3H3,(H,22,27)(H,23,25). The third-order valence-electron chi connectivity index (χ3n) is 3.81. The van der Waals surface area contributed by atoms with Crippen molar-refractivity contribution in [3.63, 3.8) is 0 Å². The molecule has 0 radical (unpaired) electrons. The number of aryl methyl sites for hydroxylation is 1. The molecule has 2 rings (SSSR count). The van der Waals surface area contributed by atoms with Gasteiger partial charge in [0.25, 0.3) is 5.91 Å². The lowest BCUT2D eigenvalue weighted by Crippen LogP contribution is -2.31. The Morgan fingerprint density at radius 2 is 1.72 bits per heavy atom. The van der Waals surface area contributed by atoms with E-state index in [1.807, 2.05) is 26.8 Å². The molecule has 29 heavy (non-hydrogen) atoms. The lowest BCUT2D eigenvalue weighted by molar-refractivity contribution is -0.141. The fraction of sp³-hybridized carbons (Fsp3) is 0.333. The lowest BCUT2D eigenvalue weighted by Gasteiger charge is -2.08. The summed E-state index contributed by atoms with van der Waals surface area (Å²) >= 11 is 1.33. The number of thiophene rings is 1. The van der Waals surface area contributed by atoms with Gasteiger partial charge in [0.1, 0.15) is 6.54 Å². The number of nitrogens with one attached hydrogen (secondary N) is 2. The van der Waals surface area contributed by atoms with E-state index >= 15 is 0 Å². The summed E-state index contributed by atoms with van der Waals surface area (Å²) in [4.78, 5) is 49.0. The van der Waals surface area contributed by atoms with E-state index in [2.05, 4.69) is 10.6 Å². The van der Waals surface area contributed by atoms with Crippen molar-refractivity contribution in [3.8, 4) is 0 Å². The van der Waals surface area contributed by atoms with Crippen molar-refractivity contribution in [3.05, 3.63) is 51.7 Å². The summed E-state index contributed by atoms with van der Waals surface area (Å²) < 4.78 is 4.92. The van der Waals surface area contributed by atoms with Gasteiger partial charge in [-0.15, -0.1) is 11.3 Å². The summed E-state index contributed by atoms with van der Waals surface area (Å²) in [6, 6.07) is 9.86. The van der Waals surface area contributed by atoms with Crippen molar-refractivity contribution < 1.29 is 23.9 Å². The van der Waals surface area contributed by atoms with Gasteiger partial charge in [-0.1, -0.05) is 13.8 Å². The Balaban J connectivity index is 1.75. The van der Waals surface area contributed by atoms with Crippen LogP contribution in [0.2, 0.25) is 0 Å². The molecule has 2 N–H and O–H groups in total. The van der Waals surface area contributed by atoms with E-state index in [1.54, 1.807) is 30.3 Å². The van der Waals surface area contributed by atoms with Gasteiger partial charge in [0.15, 0.2) is 12.4 Å². The van der Waals surface area contributed by atoms with E-state index in [9.17, 15) is 19.2 Å². The van der Waals surface area contributed by atoms with Gasteiger partial charge >= 0.3 is 5.97 Å². The second-order valence-electron chi connectivity index (χ2n) is 6.90. The highest BCUT2D eigenvalue weighted by atomic mass is 32.1. The molecule has 1 heterocycles. The van der Waals surface area contributed by atoms with Gasteiger partial charge in [-0.25, -0.2) is 0 Å². The summed E-state index contributed by atoms with van der Waals surface area (Å²) in [6.07, 6.45) is 0.416. The van der Waals surface area contributed by atoms with Crippen molar-refractivity contribution >= 4 is 40.6 Å². The van der Waals surface area contributed by atoms with Gasteiger partial charge in [0.2, 0.25) is 5.91 Å². The number of carbonyl (C=O) groups is 4. The lowest BCUT2D eigenvalue weighted by atomic mass is 10.1. The van der Waals surface area contributed by atoms with Crippen LogP contribution < -0.4 is 10.6 Å². The largest absolute Gasteiger partial charge is 0.456 e. The molecule has 0 bridgehead atoms. The predicted molar refractivity (Wildman–Crippen MR) is 111 cm³/mol. The molecule has 0 fully saturated rings. The topological polar surface area (TPSA) is 102 Å². The number of ketones is 1. The molecule has 0 aliphatic carbocycles. The molecule has 2 amide bonds. The van der Waals surface area contributed by atoms with Gasteiger partial charge in [0.05, 0.1) is 4.88 Å². The maximum absolute atomic E-state index is 12.1. The molecule has 0 aliphatic heterocycles. The number of rotatable bonds is 9. The molecule has 0 saturated heterocycles. The first-order valence-corrected chi connectivity index (χ1v) is 9.99. The summed E-state index contributed by atoms with van der Waals surface area (Å²) in [6.45, 7) is 5.05. The van der Waals surface area contributed by atoms with Crippen LogP contribution in [0.1, 0.15) is 45.2 Å². The zero-order valence-corrected chi connectivity index (χ0v) is 17.4. The first-order valence-electron chi connectivity index (χ1n) is 9.18. The number of ether oxygens (including phenoxy) is 1. The van der Waals surface area contributed by atoms with Crippen LogP contribution in [-0.4, -0.2) is 36.7 Å². The minimum absolute atomic E-state index is 0.0900. The second-order valence-corrected chi connectivity index (χ2v) is 8.19. The number of esters is 1. The molecule has 154 valence electrons. The van der Waals surface area contributed by atoms with Crippen LogP contribution in [0.3, 0.4) is 0 Å². The van der Waals surface area contributed by atoms with Gasteiger partial charge in [-0.3, -0.25) is 19.2 Å². The Morgan fingerprint density at radius 1 is 1.03 bits per heavy atom. The quantitative estimate of drug-likeness (QED) is 0.483. The number of hydrogen-bond acceptors (Lipinski definition) is 6. The van der Waals surface area contributed by atoms with E-state index < -0.39 is 12.6 Å². The summed E-state index contributed by atoms with van der Waals surface area (Å²) in [7, 11) is 0. The zero-order valence-electron chi connectivity index (χ0n) is 16.6. The Morgan fingerprint density at radius 3 is 2.31 bits per heavy atom. The van der Waals surface area contributed by atoms with Crippen molar-refractivity contribution in [1.29, 1.82) is 0 Å². The van der Waals surface area contributed by atoms with Gasteiger partial charge < -0.3 is 15.4 Å². The molecule has 1 aromatic heterocycles. The third kappa shape index (κ3) is 7.50. The van der Waals surface area contributed by atoms with E-state index in [1.165, 1.54) is 11.3 Å². The SMILES string of the molecule is Cc1ccc(C(=O)NCC(=O)OCC(=O)c2ccc(NC(=O)CC(C)C)cc2)s1. The minimum atomic E-state index is -0.697. The zero-order chi connectivity index (χ0) is 21.4. The van der Waals surface area contributed by atoms with Gasteiger partial charge in [-0.2, -0.15) is 0 Å². The van der Waals surface area contributed by atoms with E-state index in [4.69, 9.17) is 4.74 Å². The normalized spacial score (nSPS) is 10.5. The van der Waals surface area contributed by atoms with Crippen molar-refractivity contribution in [2.24, 2.45) is 5.92 Å². The Kier molecular flexibility index (Phi) is 8.09. The minimum Gasteiger partial charge on any atom is -0.456 e. The molecule has 0 aliphatic rings. The molecular formula is C21H24N2O5S. The predicted octanol–water partition coefficient (Wildman–Crippen LogP) is 3.20. The number of anilines is 1. The maximum Gasteiger partial charge on any atom is 0.325 e. The van der Waals surface area contributed by atoms with Crippen LogP contribution in [0.5, 0.6) is 0 Å². The first kappa shape index (κ1) is 22.3. The van der Waals surface area contributed by atoms with Gasteiger partial charge in [-0.05, 0) is 49.2 Å². The summed E-state index contributed by atoms with van der Waals surface area (Å²) in [5, 5.41) is 5.22. The van der Waals surface area contributed by atoms with E-state index in [0.717, 1.165) is 4.88 Å². The molecular weight excluding hydrogens is 392 g/mol. The van der Waals surface area contributed by atoms with Crippen LogP contribution in [-0.2, 0) is 14.3 Å². The van der Waals surface area contributed by atoms with E-state index in [-0.39, 0.29) is 30.1 Å². The molecule has 7 nitrogen and oxygen atoms in total. The fourth-order valence-corrected chi connectivity index (χ4v) is 3.18. The number of Topliss-reactive ketones (excluding diaryl/α,β-unsaturated/α-hetero) is 1. The molecule has 0 unspecified atom stereocenters. The Labute approximate surface area is 173 Å². The summed E-state index contributed by atoms with van der Waals surface area (Å²) in [5.74, 6) is -1.27. The molecule has 0 atom stereocenters. The smallest absolute Gasteiger partial charge is 0.325 e. The highest BCUT2D eigenvalue weighted by Crippen LogP contribution is 2.14. The highest BCUT2D eigenvalue weighted by molar-refractivity contribution is 7.13. The Hall–Kier alpha value is -3.00. The van der Waals surface area contributed by atoms with Crippen molar-refractivity contribution in [2.45, 2.75) is 27.2 Å². The Bertz CT molecular complexity index is 887. The molecule has 8 heteroatoms. The van der Waals surface area contributed by atoms with Crippen LogP contribution in [0.25, 0.3) is 0 Å². The number of carbonyl (C=O) groups excluding carboxylic acids is 4. The average Bonchev–Trinajstić information content (AvgIpc) is 3.10. The number of hydrogen-bond donors (Lipinski definition) is 2. The van der Waals surface area contributed by atoms with Crippen LogP contribution in [0, 0.1) is 12.8 Å². The molecule has 2 aromatic rings. The second kappa shape index (κ2) is 10.5. The number of amides is 2. The van der Waals surface area contributed by atoms with E-state index in [0.29, 0.717) is 22.5 Å². The number of benzene rings is 1. The molecule has 0 saturated carbocycles. The first-order chi connectivity index (χ1) is 13.7. The summed E-state index contributed by atoms with van der Waals surface area (Å²) in [5.41, 5.74) is 0.952. The van der Waals surface area contributed by atoms with Crippen LogP contribution >= 0.6 is 11.3 Å². The van der Waals surface area contributed by atoms with Crippen molar-refractivity contribution in [2.75, 3.05) is 18.5 Å². The fourth-order valence-electron chi connectivity index (χ4n) is 2.40. The highest BCUT2D eigenvalue weighted by Gasteiger charge is 2.13. The average molecular weight is 416 g/mol.